The van der Waals surface area contributed by atoms with Gasteiger partial charge in [0, 0.05) is 11.4 Å². The largest absolute Gasteiger partial charge is 0.325 e. The van der Waals surface area contributed by atoms with Crippen molar-refractivity contribution < 1.29 is 9.18 Å². The fraction of sp³-hybridized carbons (Fsp3) is 0.278. The quantitative estimate of drug-likeness (QED) is 0.871. The van der Waals surface area contributed by atoms with E-state index in [1.165, 1.54) is 29.5 Å². The molecule has 0 spiro atoms. The van der Waals surface area contributed by atoms with Crippen molar-refractivity contribution in [2.24, 2.45) is 0 Å². The van der Waals surface area contributed by atoms with Gasteiger partial charge in [-0.15, -0.1) is 11.8 Å². The van der Waals surface area contributed by atoms with Crippen LogP contribution in [0.2, 0.25) is 0 Å². The van der Waals surface area contributed by atoms with Gasteiger partial charge in [-0.1, -0.05) is 29.8 Å². The van der Waals surface area contributed by atoms with E-state index in [4.69, 9.17) is 0 Å². The first kappa shape index (κ1) is 16.6. The van der Waals surface area contributed by atoms with Crippen LogP contribution in [0.1, 0.15) is 22.3 Å². The Hall–Kier alpha value is -1.81. The van der Waals surface area contributed by atoms with Crippen molar-refractivity contribution in [2.45, 2.75) is 26.5 Å². The zero-order chi connectivity index (χ0) is 16.1. The average molecular weight is 317 g/mol. The van der Waals surface area contributed by atoms with Crippen LogP contribution >= 0.6 is 11.8 Å². The summed E-state index contributed by atoms with van der Waals surface area (Å²) in [6.45, 7) is 6.05. The first-order valence-corrected chi connectivity index (χ1v) is 8.31. The lowest BCUT2D eigenvalue weighted by molar-refractivity contribution is -0.113. The maximum Gasteiger partial charge on any atom is 0.234 e. The number of benzene rings is 2. The van der Waals surface area contributed by atoms with E-state index in [1.807, 2.05) is 20.8 Å². The molecule has 2 nitrogen and oxygen atoms in total. The Labute approximate surface area is 135 Å². The third-order valence-corrected chi connectivity index (χ3v) is 4.36. The van der Waals surface area contributed by atoms with Gasteiger partial charge in [-0.25, -0.2) is 4.39 Å². The second kappa shape index (κ2) is 7.45. The van der Waals surface area contributed by atoms with Crippen LogP contribution in [0.25, 0.3) is 0 Å². The molecule has 1 amide bonds. The molecular weight excluding hydrogens is 297 g/mol. The first-order valence-electron chi connectivity index (χ1n) is 7.15. The molecule has 0 aliphatic carbocycles. The van der Waals surface area contributed by atoms with Crippen molar-refractivity contribution in [1.29, 1.82) is 0 Å². The molecule has 116 valence electrons. The number of rotatable bonds is 5. The minimum atomic E-state index is -0.239. The fourth-order valence-corrected chi connectivity index (χ4v) is 3.18. The monoisotopic (exact) mass is 317 g/mol. The molecule has 0 aliphatic heterocycles. The molecule has 0 heterocycles. The molecule has 0 aliphatic rings. The molecule has 0 aromatic heterocycles. The highest BCUT2D eigenvalue weighted by Gasteiger charge is 2.08. The highest BCUT2D eigenvalue weighted by molar-refractivity contribution is 7.99. The molecule has 22 heavy (non-hydrogen) atoms. The van der Waals surface area contributed by atoms with E-state index in [0.29, 0.717) is 11.5 Å². The predicted octanol–water partition coefficient (Wildman–Crippen LogP) is 4.62. The zero-order valence-corrected chi connectivity index (χ0v) is 13.9. The molecule has 0 fully saturated rings. The number of amides is 1. The van der Waals surface area contributed by atoms with Gasteiger partial charge in [-0.2, -0.15) is 0 Å². The average Bonchev–Trinajstić information content (AvgIpc) is 2.45. The second-order valence-electron chi connectivity index (χ2n) is 5.44. The van der Waals surface area contributed by atoms with Gasteiger partial charge in [0.15, 0.2) is 0 Å². The van der Waals surface area contributed by atoms with E-state index in [-0.39, 0.29) is 11.7 Å². The van der Waals surface area contributed by atoms with E-state index in [9.17, 15) is 9.18 Å². The lowest BCUT2D eigenvalue weighted by atomic mass is 10.1. The molecule has 2 rings (SSSR count). The van der Waals surface area contributed by atoms with E-state index in [1.54, 1.807) is 12.1 Å². The standard InChI is InChI=1S/C18H20FNOS/c1-12-8-13(2)18(14(3)9-12)20-17(21)11-22-10-15-4-6-16(19)7-5-15/h4-9H,10-11H2,1-3H3,(H,20,21). The van der Waals surface area contributed by atoms with Gasteiger partial charge in [-0.3, -0.25) is 4.79 Å². The van der Waals surface area contributed by atoms with Crippen molar-refractivity contribution in [1.82, 2.24) is 0 Å². The van der Waals surface area contributed by atoms with Crippen LogP contribution in [-0.2, 0) is 10.5 Å². The summed E-state index contributed by atoms with van der Waals surface area (Å²) in [6, 6.07) is 10.5. The normalized spacial score (nSPS) is 10.5. The summed E-state index contributed by atoms with van der Waals surface area (Å²) in [7, 11) is 0. The molecule has 0 saturated heterocycles. The van der Waals surface area contributed by atoms with E-state index < -0.39 is 0 Å². The Kier molecular flexibility index (Phi) is 5.61. The lowest BCUT2D eigenvalue weighted by Gasteiger charge is -2.12. The molecule has 0 unspecified atom stereocenters. The minimum Gasteiger partial charge on any atom is -0.325 e. The number of nitrogens with one attached hydrogen (secondary N) is 1. The van der Waals surface area contributed by atoms with Gasteiger partial charge in [0.2, 0.25) is 5.91 Å². The Balaban J connectivity index is 1.87. The Morgan fingerprint density at radius 2 is 1.68 bits per heavy atom. The first-order chi connectivity index (χ1) is 10.5. The Bertz CT molecular complexity index is 644. The van der Waals surface area contributed by atoms with Crippen LogP contribution in [0.3, 0.4) is 0 Å². The highest BCUT2D eigenvalue weighted by Crippen LogP contribution is 2.22. The molecule has 0 atom stereocenters. The molecule has 0 radical (unpaired) electrons. The van der Waals surface area contributed by atoms with Gasteiger partial charge in [0.05, 0.1) is 5.75 Å². The summed E-state index contributed by atoms with van der Waals surface area (Å²) in [4.78, 5) is 12.1. The molecule has 1 N–H and O–H groups in total. The number of aryl methyl sites for hydroxylation is 3. The van der Waals surface area contributed by atoms with Crippen LogP contribution in [0.4, 0.5) is 10.1 Å². The van der Waals surface area contributed by atoms with Crippen LogP contribution in [0.5, 0.6) is 0 Å². The maximum absolute atomic E-state index is 12.8. The molecule has 4 heteroatoms. The van der Waals surface area contributed by atoms with E-state index >= 15 is 0 Å². The number of carbonyl (C=O) groups excluding carboxylic acids is 1. The summed E-state index contributed by atoms with van der Waals surface area (Å²) < 4.78 is 12.8. The maximum atomic E-state index is 12.8. The van der Waals surface area contributed by atoms with Gasteiger partial charge in [-0.05, 0) is 49.6 Å². The molecule has 0 saturated carbocycles. The Morgan fingerprint density at radius 3 is 2.27 bits per heavy atom. The van der Waals surface area contributed by atoms with Crippen molar-refractivity contribution in [2.75, 3.05) is 11.1 Å². The van der Waals surface area contributed by atoms with E-state index in [0.717, 1.165) is 22.4 Å². The van der Waals surface area contributed by atoms with Gasteiger partial charge >= 0.3 is 0 Å². The lowest BCUT2D eigenvalue weighted by Crippen LogP contribution is -2.16. The van der Waals surface area contributed by atoms with Gasteiger partial charge in [0.25, 0.3) is 0 Å². The topological polar surface area (TPSA) is 29.1 Å². The summed E-state index contributed by atoms with van der Waals surface area (Å²) >= 11 is 1.52. The summed E-state index contributed by atoms with van der Waals surface area (Å²) in [5.41, 5.74) is 5.27. The van der Waals surface area contributed by atoms with Crippen LogP contribution < -0.4 is 5.32 Å². The number of hydrogen-bond donors (Lipinski definition) is 1. The van der Waals surface area contributed by atoms with Gasteiger partial charge < -0.3 is 5.32 Å². The zero-order valence-electron chi connectivity index (χ0n) is 13.1. The van der Waals surface area contributed by atoms with Crippen LogP contribution in [0, 0.1) is 26.6 Å². The number of thioether (sulfide) groups is 1. The minimum absolute atomic E-state index is 0.0119. The fourth-order valence-electron chi connectivity index (χ4n) is 2.39. The Morgan fingerprint density at radius 1 is 1.09 bits per heavy atom. The molecular formula is C18H20FNOS. The smallest absolute Gasteiger partial charge is 0.234 e. The molecule has 0 bridgehead atoms. The third-order valence-electron chi connectivity index (χ3n) is 3.36. The second-order valence-corrected chi connectivity index (χ2v) is 6.43. The van der Waals surface area contributed by atoms with Crippen molar-refractivity contribution in [3.63, 3.8) is 0 Å². The SMILES string of the molecule is Cc1cc(C)c(NC(=O)CSCc2ccc(F)cc2)c(C)c1. The molecule has 2 aromatic carbocycles. The van der Waals surface area contributed by atoms with Crippen molar-refractivity contribution in [3.8, 4) is 0 Å². The van der Waals surface area contributed by atoms with Gasteiger partial charge in [0.1, 0.15) is 5.82 Å². The van der Waals surface area contributed by atoms with Crippen molar-refractivity contribution in [3.05, 3.63) is 64.5 Å². The van der Waals surface area contributed by atoms with Crippen LogP contribution in [-0.4, -0.2) is 11.7 Å². The summed E-state index contributed by atoms with van der Waals surface area (Å²) in [5.74, 6) is 0.822. The van der Waals surface area contributed by atoms with Crippen molar-refractivity contribution >= 4 is 23.4 Å². The number of anilines is 1. The molecule has 2 aromatic rings. The summed E-state index contributed by atoms with van der Waals surface area (Å²) in [5, 5.41) is 2.98. The van der Waals surface area contributed by atoms with E-state index in [2.05, 4.69) is 17.4 Å². The number of hydrogen-bond acceptors (Lipinski definition) is 2. The third kappa shape index (κ3) is 4.60. The highest BCUT2D eigenvalue weighted by atomic mass is 32.2. The number of halogens is 1. The predicted molar refractivity (Wildman–Crippen MR) is 91.8 cm³/mol. The summed E-state index contributed by atoms with van der Waals surface area (Å²) in [6.07, 6.45) is 0. The number of carbonyl (C=O) groups is 1. The van der Waals surface area contributed by atoms with Crippen LogP contribution in [0.15, 0.2) is 36.4 Å².